The van der Waals surface area contributed by atoms with E-state index in [9.17, 15) is 5.11 Å². The van der Waals surface area contributed by atoms with Gasteiger partial charge < -0.3 is 20.3 Å². The molecule has 0 fully saturated rings. The second kappa shape index (κ2) is 5.06. The van der Waals surface area contributed by atoms with Crippen LogP contribution in [0.3, 0.4) is 0 Å². The zero-order chi connectivity index (χ0) is 15.0. The molecule has 0 bridgehead atoms. The van der Waals surface area contributed by atoms with Crippen molar-refractivity contribution in [1.82, 2.24) is 0 Å². The molecule has 0 radical (unpaired) electrons. The van der Waals surface area contributed by atoms with Crippen LogP contribution >= 0.6 is 0 Å². The van der Waals surface area contributed by atoms with Crippen molar-refractivity contribution in [1.29, 1.82) is 0 Å². The van der Waals surface area contributed by atoms with Crippen LogP contribution in [0.1, 0.15) is 29.2 Å². The van der Waals surface area contributed by atoms with Crippen LogP contribution in [0.2, 0.25) is 0 Å². The van der Waals surface area contributed by atoms with Gasteiger partial charge in [0.15, 0.2) is 11.5 Å². The first-order valence-corrected chi connectivity index (χ1v) is 6.90. The molecule has 0 saturated carbocycles. The Labute approximate surface area is 124 Å². The standard InChI is InChI=1S/C17H19NO3/c1-20-15-8-7-11(9-16(15)21-2)17(19)10-14(18)12-5-3-4-6-13(12)17/h3-9,14,19H,10,18H2,1-2H3. The van der Waals surface area contributed by atoms with E-state index in [1.165, 1.54) is 0 Å². The average molecular weight is 285 g/mol. The minimum Gasteiger partial charge on any atom is -0.493 e. The number of hydrogen-bond acceptors (Lipinski definition) is 4. The van der Waals surface area contributed by atoms with Gasteiger partial charge in [-0.3, -0.25) is 0 Å². The van der Waals surface area contributed by atoms with Gasteiger partial charge >= 0.3 is 0 Å². The molecule has 0 saturated heterocycles. The highest BCUT2D eigenvalue weighted by molar-refractivity contribution is 5.51. The molecule has 4 heteroatoms. The fraction of sp³-hybridized carbons (Fsp3) is 0.294. The number of ether oxygens (including phenoxy) is 2. The Kier molecular flexibility index (Phi) is 3.35. The van der Waals surface area contributed by atoms with Gasteiger partial charge in [-0.05, 0) is 28.8 Å². The SMILES string of the molecule is COc1ccc(C2(O)CC(N)c3ccccc32)cc1OC. The zero-order valence-corrected chi connectivity index (χ0v) is 12.2. The molecule has 0 aliphatic heterocycles. The lowest BCUT2D eigenvalue weighted by molar-refractivity contribution is 0.0773. The molecular formula is C17H19NO3. The van der Waals surface area contributed by atoms with E-state index in [0.717, 1.165) is 16.7 Å². The van der Waals surface area contributed by atoms with E-state index >= 15 is 0 Å². The molecular weight excluding hydrogens is 266 g/mol. The molecule has 2 aromatic rings. The first-order valence-electron chi connectivity index (χ1n) is 6.90. The Bertz CT molecular complexity index is 671. The van der Waals surface area contributed by atoms with Crippen LogP contribution in [0.25, 0.3) is 0 Å². The summed E-state index contributed by atoms with van der Waals surface area (Å²) in [5, 5.41) is 11.2. The molecule has 21 heavy (non-hydrogen) atoms. The molecule has 0 amide bonds. The molecule has 0 spiro atoms. The third-order valence-electron chi connectivity index (χ3n) is 4.18. The molecule has 1 aliphatic carbocycles. The summed E-state index contributed by atoms with van der Waals surface area (Å²) in [6.07, 6.45) is 0.460. The number of nitrogens with two attached hydrogens (primary N) is 1. The van der Waals surface area contributed by atoms with Crippen LogP contribution in [-0.4, -0.2) is 19.3 Å². The number of rotatable bonds is 3. The minimum atomic E-state index is -1.09. The topological polar surface area (TPSA) is 64.7 Å². The Morgan fingerprint density at radius 3 is 2.52 bits per heavy atom. The van der Waals surface area contributed by atoms with E-state index in [0.29, 0.717) is 17.9 Å². The molecule has 4 nitrogen and oxygen atoms in total. The Morgan fingerprint density at radius 2 is 1.81 bits per heavy atom. The van der Waals surface area contributed by atoms with Gasteiger partial charge in [-0.1, -0.05) is 30.3 Å². The Hall–Kier alpha value is -2.04. The maximum absolute atomic E-state index is 11.2. The zero-order valence-electron chi connectivity index (χ0n) is 12.2. The van der Waals surface area contributed by atoms with Gasteiger partial charge in [0.25, 0.3) is 0 Å². The van der Waals surface area contributed by atoms with E-state index in [2.05, 4.69) is 0 Å². The minimum absolute atomic E-state index is 0.167. The van der Waals surface area contributed by atoms with Crippen LogP contribution in [0.15, 0.2) is 42.5 Å². The number of benzene rings is 2. The lowest BCUT2D eigenvalue weighted by Crippen LogP contribution is -2.25. The maximum Gasteiger partial charge on any atom is 0.161 e. The fourth-order valence-electron chi connectivity index (χ4n) is 3.10. The van der Waals surface area contributed by atoms with Crippen LogP contribution in [0, 0.1) is 0 Å². The van der Waals surface area contributed by atoms with Gasteiger partial charge in [0.1, 0.15) is 5.60 Å². The van der Waals surface area contributed by atoms with E-state index in [4.69, 9.17) is 15.2 Å². The first kappa shape index (κ1) is 13.9. The molecule has 2 unspecified atom stereocenters. The summed E-state index contributed by atoms with van der Waals surface area (Å²) in [4.78, 5) is 0. The van der Waals surface area contributed by atoms with E-state index in [1.54, 1.807) is 20.3 Å². The summed E-state index contributed by atoms with van der Waals surface area (Å²) in [5.74, 6) is 1.24. The normalized spacial score (nSPS) is 23.7. The lowest BCUT2D eigenvalue weighted by atomic mass is 9.87. The molecule has 0 aromatic heterocycles. The highest BCUT2D eigenvalue weighted by Crippen LogP contribution is 2.47. The first-order chi connectivity index (χ1) is 10.1. The number of fused-ring (bicyclic) bond motifs is 1. The summed E-state index contributed by atoms with van der Waals surface area (Å²) in [5.41, 5.74) is 7.71. The molecule has 2 atom stereocenters. The van der Waals surface area contributed by atoms with Crippen LogP contribution in [0.4, 0.5) is 0 Å². The summed E-state index contributed by atoms with van der Waals surface area (Å²) in [6, 6.07) is 13.1. The molecule has 3 N–H and O–H groups in total. The Morgan fingerprint density at radius 1 is 1.10 bits per heavy atom. The Balaban J connectivity index is 2.12. The second-order valence-electron chi connectivity index (χ2n) is 5.33. The number of aliphatic hydroxyl groups is 1. The number of methoxy groups -OCH3 is 2. The summed E-state index contributed by atoms with van der Waals surface area (Å²) >= 11 is 0. The predicted octanol–water partition coefficient (Wildman–Crippen LogP) is 2.34. The predicted molar refractivity (Wildman–Crippen MR) is 80.5 cm³/mol. The van der Waals surface area contributed by atoms with Crippen molar-refractivity contribution in [2.45, 2.75) is 18.1 Å². The third kappa shape index (κ3) is 2.07. The van der Waals surface area contributed by atoms with Crippen LogP contribution in [0.5, 0.6) is 11.5 Å². The van der Waals surface area contributed by atoms with Gasteiger partial charge in [-0.25, -0.2) is 0 Å². The van der Waals surface area contributed by atoms with E-state index in [1.807, 2.05) is 36.4 Å². The highest BCUT2D eigenvalue weighted by atomic mass is 16.5. The summed E-state index contributed by atoms with van der Waals surface area (Å²) in [7, 11) is 3.17. The van der Waals surface area contributed by atoms with Crippen molar-refractivity contribution < 1.29 is 14.6 Å². The molecule has 1 aliphatic rings. The van der Waals surface area contributed by atoms with Crippen LogP contribution < -0.4 is 15.2 Å². The van der Waals surface area contributed by atoms with Crippen LogP contribution in [-0.2, 0) is 5.60 Å². The van der Waals surface area contributed by atoms with Gasteiger partial charge in [-0.2, -0.15) is 0 Å². The largest absolute Gasteiger partial charge is 0.493 e. The second-order valence-corrected chi connectivity index (χ2v) is 5.33. The average Bonchev–Trinajstić information content (AvgIpc) is 2.79. The van der Waals surface area contributed by atoms with Crippen molar-refractivity contribution >= 4 is 0 Å². The van der Waals surface area contributed by atoms with Crippen molar-refractivity contribution in [3.8, 4) is 11.5 Å². The smallest absolute Gasteiger partial charge is 0.161 e. The maximum atomic E-state index is 11.2. The van der Waals surface area contributed by atoms with Gasteiger partial charge in [-0.15, -0.1) is 0 Å². The van der Waals surface area contributed by atoms with Crippen molar-refractivity contribution in [3.05, 3.63) is 59.2 Å². The van der Waals surface area contributed by atoms with Crippen molar-refractivity contribution in [2.75, 3.05) is 14.2 Å². The molecule has 2 aromatic carbocycles. The van der Waals surface area contributed by atoms with E-state index < -0.39 is 5.60 Å². The third-order valence-corrected chi connectivity index (χ3v) is 4.18. The summed E-state index contributed by atoms with van der Waals surface area (Å²) < 4.78 is 10.6. The molecule has 3 rings (SSSR count). The van der Waals surface area contributed by atoms with Gasteiger partial charge in [0.05, 0.1) is 14.2 Å². The summed E-state index contributed by atoms with van der Waals surface area (Å²) in [6.45, 7) is 0. The van der Waals surface area contributed by atoms with E-state index in [-0.39, 0.29) is 6.04 Å². The molecule has 0 heterocycles. The highest BCUT2D eigenvalue weighted by Gasteiger charge is 2.42. The fourth-order valence-corrected chi connectivity index (χ4v) is 3.10. The van der Waals surface area contributed by atoms with Gasteiger partial charge in [0, 0.05) is 12.5 Å². The lowest BCUT2D eigenvalue weighted by Gasteiger charge is -2.25. The van der Waals surface area contributed by atoms with Gasteiger partial charge in [0.2, 0.25) is 0 Å². The number of hydrogen-bond donors (Lipinski definition) is 2. The quantitative estimate of drug-likeness (QED) is 0.908. The molecule has 110 valence electrons. The van der Waals surface area contributed by atoms with Crippen molar-refractivity contribution in [2.24, 2.45) is 5.73 Å². The monoisotopic (exact) mass is 285 g/mol. The van der Waals surface area contributed by atoms with Crippen molar-refractivity contribution in [3.63, 3.8) is 0 Å².